The molecular formula is C12H15Br2NO2S. The van der Waals surface area contributed by atoms with Crippen LogP contribution in [0.15, 0.2) is 13.6 Å². The van der Waals surface area contributed by atoms with E-state index in [4.69, 9.17) is 4.74 Å². The van der Waals surface area contributed by atoms with E-state index in [0.717, 1.165) is 26.2 Å². The summed E-state index contributed by atoms with van der Waals surface area (Å²) in [5, 5.41) is 0. The third-order valence-corrected chi connectivity index (χ3v) is 5.16. The van der Waals surface area contributed by atoms with Crippen LogP contribution >= 0.6 is 43.2 Å². The van der Waals surface area contributed by atoms with E-state index < -0.39 is 0 Å². The van der Waals surface area contributed by atoms with Gasteiger partial charge < -0.3 is 4.74 Å². The Bertz CT molecular complexity index is 439. The number of nitrogens with zero attached hydrogens (tertiary/aromatic N) is 1. The van der Waals surface area contributed by atoms with E-state index in [2.05, 4.69) is 36.8 Å². The largest absolute Gasteiger partial charge is 0.373 e. The van der Waals surface area contributed by atoms with Gasteiger partial charge in [-0.25, -0.2) is 0 Å². The minimum atomic E-state index is 0.158. The Hall–Kier alpha value is 0.250. The van der Waals surface area contributed by atoms with Crippen molar-refractivity contribution in [2.45, 2.75) is 26.1 Å². The first-order chi connectivity index (χ1) is 8.45. The molecule has 2 atom stereocenters. The zero-order valence-corrected chi connectivity index (χ0v) is 14.3. The highest BCUT2D eigenvalue weighted by atomic mass is 79.9. The van der Waals surface area contributed by atoms with Crippen molar-refractivity contribution in [2.24, 2.45) is 0 Å². The summed E-state index contributed by atoms with van der Waals surface area (Å²) in [6.07, 6.45) is 0.387. The molecule has 1 aromatic heterocycles. The van der Waals surface area contributed by atoms with Crippen molar-refractivity contribution in [2.75, 3.05) is 19.6 Å². The van der Waals surface area contributed by atoms with Crippen LogP contribution in [0.25, 0.3) is 0 Å². The molecule has 1 fully saturated rings. The van der Waals surface area contributed by atoms with Gasteiger partial charge in [-0.15, -0.1) is 11.3 Å². The zero-order valence-electron chi connectivity index (χ0n) is 10.3. The molecule has 0 spiro atoms. The third-order valence-electron chi connectivity index (χ3n) is 2.82. The second-order valence-electron chi connectivity index (χ2n) is 4.61. The highest BCUT2D eigenvalue weighted by molar-refractivity contribution is 9.12. The Labute approximate surface area is 128 Å². The summed E-state index contributed by atoms with van der Waals surface area (Å²) in [6.45, 7) is 6.19. The van der Waals surface area contributed by atoms with E-state index in [0.29, 0.717) is 6.54 Å². The third kappa shape index (κ3) is 3.63. The van der Waals surface area contributed by atoms with Gasteiger partial charge in [0.15, 0.2) is 5.78 Å². The molecule has 100 valence electrons. The number of carbonyl (C=O) groups is 1. The average Bonchev–Trinajstić information content (AvgIpc) is 2.56. The standard InChI is InChI=1S/C12H15Br2NO2S/c1-7-4-15(5-8(2)17-7)6-10(16)9-3-11(13)18-12(9)14/h3,7-8H,4-6H2,1-2H3/t7-,8+. The monoisotopic (exact) mass is 395 g/mol. The fourth-order valence-corrected chi connectivity index (χ4v) is 5.09. The molecule has 0 aromatic carbocycles. The molecule has 0 radical (unpaired) electrons. The molecule has 2 heterocycles. The van der Waals surface area contributed by atoms with Crippen LogP contribution in [0, 0.1) is 0 Å². The molecule has 3 nitrogen and oxygen atoms in total. The van der Waals surface area contributed by atoms with Gasteiger partial charge in [0, 0.05) is 18.7 Å². The minimum Gasteiger partial charge on any atom is -0.373 e. The highest BCUT2D eigenvalue weighted by Gasteiger charge is 2.25. The molecule has 0 bridgehead atoms. The van der Waals surface area contributed by atoms with Crippen LogP contribution in [-0.4, -0.2) is 42.5 Å². The van der Waals surface area contributed by atoms with E-state index >= 15 is 0 Å². The average molecular weight is 397 g/mol. The SMILES string of the molecule is C[C@@H]1CN(CC(=O)c2cc(Br)sc2Br)C[C@H](C)O1. The summed E-state index contributed by atoms with van der Waals surface area (Å²) in [5.74, 6) is 0.158. The first-order valence-corrected chi connectivity index (χ1v) is 8.22. The second kappa shape index (κ2) is 6.13. The Morgan fingerprint density at radius 1 is 1.44 bits per heavy atom. The Morgan fingerprint density at radius 2 is 2.06 bits per heavy atom. The van der Waals surface area contributed by atoms with Gasteiger partial charge >= 0.3 is 0 Å². The molecule has 1 aliphatic rings. The summed E-state index contributed by atoms with van der Waals surface area (Å²) >= 11 is 8.36. The minimum absolute atomic E-state index is 0.158. The van der Waals surface area contributed by atoms with Gasteiger partial charge in [-0.1, -0.05) is 0 Å². The van der Waals surface area contributed by atoms with Gasteiger partial charge in [0.1, 0.15) is 0 Å². The van der Waals surface area contributed by atoms with Gasteiger partial charge in [0.2, 0.25) is 0 Å². The molecule has 1 aromatic rings. The number of halogens is 2. The number of ether oxygens (including phenoxy) is 1. The van der Waals surface area contributed by atoms with Crippen LogP contribution in [0.1, 0.15) is 24.2 Å². The summed E-state index contributed by atoms with van der Waals surface area (Å²) in [6, 6.07) is 1.88. The van der Waals surface area contributed by atoms with Gasteiger partial charge in [0.25, 0.3) is 0 Å². The predicted molar refractivity (Wildman–Crippen MR) is 80.5 cm³/mol. The van der Waals surface area contributed by atoms with E-state index in [-0.39, 0.29) is 18.0 Å². The number of hydrogen-bond donors (Lipinski definition) is 0. The van der Waals surface area contributed by atoms with E-state index in [1.807, 2.05) is 19.9 Å². The lowest BCUT2D eigenvalue weighted by molar-refractivity contribution is -0.0652. The predicted octanol–water partition coefficient (Wildman–Crippen LogP) is 3.57. The molecule has 0 amide bonds. The number of carbonyl (C=O) groups excluding carboxylic acids is 1. The van der Waals surface area contributed by atoms with E-state index in [1.165, 1.54) is 11.3 Å². The van der Waals surface area contributed by atoms with E-state index in [1.54, 1.807) is 0 Å². The number of hydrogen-bond acceptors (Lipinski definition) is 4. The number of ketones is 1. The smallest absolute Gasteiger partial charge is 0.178 e. The summed E-state index contributed by atoms with van der Waals surface area (Å²) in [5.41, 5.74) is 0.763. The number of Topliss-reactive ketones (excluding diaryl/α,β-unsaturated/α-hetero) is 1. The molecule has 6 heteroatoms. The number of morpholine rings is 1. The lowest BCUT2D eigenvalue weighted by atomic mass is 10.1. The zero-order chi connectivity index (χ0) is 13.3. The van der Waals surface area contributed by atoms with Gasteiger partial charge in [-0.2, -0.15) is 0 Å². The normalized spacial score (nSPS) is 25.3. The summed E-state index contributed by atoms with van der Waals surface area (Å²) < 4.78 is 7.53. The fraction of sp³-hybridized carbons (Fsp3) is 0.583. The maximum absolute atomic E-state index is 12.2. The fourth-order valence-electron chi connectivity index (χ4n) is 2.23. The van der Waals surface area contributed by atoms with Crippen molar-refractivity contribution in [3.63, 3.8) is 0 Å². The lowest BCUT2D eigenvalue weighted by Crippen LogP contribution is -2.47. The molecule has 0 unspecified atom stereocenters. The van der Waals surface area contributed by atoms with Crippen LogP contribution in [0.5, 0.6) is 0 Å². The maximum atomic E-state index is 12.2. The molecule has 1 aliphatic heterocycles. The molecule has 18 heavy (non-hydrogen) atoms. The molecule has 0 saturated carbocycles. The van der Waals surface area contributed by atoms with Crippen molar-refractivity contribution >= 4 is 49.0 Å². The molecule has 1 saturated heterocycles. The van der Waals surface area contributed by atoms with Gasteiger partial charge in [-0.05, 0) is 51.8 Å². The van der Waals surface area contributed by atoms with Crippen molar-refractivity contribution < 1.29 is 9.53 Å². The van der Waals surface area contributed by atoms with Crippen LogP contribution in [0.4, 0.5) is 0 Å². The number of rotatable bonds is 3. The van der Waals surface area contributed by atoms with Crippen molar-refractivity contribution in [3.8, 4) is 0 Å². The molecular weight excluding hydrogens is 382 g/mol. The van der Waals surface area contributed by atoms with Gasteiger partial charge in [0.05, 0.1) is 26.3 Å². The Morgan fingerprint density at radius 3 is 2.56 bits per heavy atom. The Balaban J connectivity index is 2.01. The van der Waals surface area contributed by atoms with Crippen LogP contribution in [0.3, 0.4) is 0 Å². The van der Waals surface area contributed by atoms with Crippen LogP contribution in [0.2, 0.25) is 0 Å². The van der Waals surface area contributed by atoms with Crippen LogP contribution < -0.4 is 0 Å². The maximum Gasteiger partial charge on any atom is 0.178 e. The van der Waals surface area contributed by atoms with Crippen molar-refractivity contribution in [1.82, 2.24) is 4.90 Å². The van der Waals surface area contributed by atoms with E-state index in [9.17, 15) is 4.79 Å². The summed E-state index contributed by atoms with van der Waals surface area (Å²) in [4.78, 5) is 14.4. The Kier molecular flexibility index (Phi) is 4.99. The molecule has 0 aliphatic carbocycles. The topological polar surface area (TPSA) is 29.5 Å². The number of thiophene rings is 1. The van der Waals surface area contributed by atoms with Crippen LogP contribution in [-0.2, 0) is 4.74 Å². The van der Waals surface area contributed by atoms with Crippen molar-refractivity contribution in [1.29, 1.82) is 0 Å². The second-order valence-corrected chi connectivity index (χ2v) is 8.36. The quantitative estimate of drug-likeness (QED) is 0.731. The molecule has 2 rings (SSSR count). The highest BCUT2D eigenvalue weighted by Crippen LogP contribution is 2.32. The van der Waals surface area contributed by atoms with Crippen molar-refractivity contribution in [3.05, 3.63) is 19.2 Å². The first kappa shape index (κ1) is 14.7. The molecule has 0 N–H and O–H groups in total. The van der Waals surface area contributed by atoms with Gasteiger partial charge in [-0.3, -0.25) is 9.69 Å². The lowest BCUT2D eigenvalue weighted by Gasteiger charge is -2.34. The summed E-state index contributed by atoms with van der Waals surface area (Å²) in [7, 11) is 0. The first-order valence-electron chi connectivity index (χ1n) is 5.81.